The maximum absolute atomic E-state index is 10.8. The van der Waals surface area contributed by atoms with Gasteiger partial charge < -0.3 is 4.90 Å². The fourth-order valence-corrected chi connectivity index (χ4v) is 2.65. The van der Waals surface area contributed by atoms with Crippen LogP contribution in [-0.4, -0.2) is 43.6 Å². The summed E-state index contributed by atoms with van der Waals surface area (Å²) in [5, 5.41) is 25.0. The molecule has 0 aromatic carbocycles. The molecule has 3 heterocycles. The molecule has 0 aliphatic carbocycles. The predicted octanol–water partition coefficient (Wildman–Crippen LogP) is 1.20. The van der Waals surface area contributed by atoms with Gasteiger partial charge in [-0.3, -0.25) is 10.1 Å². The lowest BCUT2D eigenvalue weighted by Crippen LogP contribution is -2.35. The molecule has 1 aliphatic heterocycles. The molecule has 0 saturated carbocycles. The number of nitro groups is 1. The minimum absolute atomic E-state index is 0.0467. The van der Waals surface area contributed by atoms with Crippen LogP contribution < -0.4 is 4.90 Å². The number of tetrazole rings is 1. The molecule has 1 saturated heterocycles. The van der Waals surface area contributed by atoms with Crippen LogP contribution in [-0.2, 0) is 0 Å². The molecular weight excluding hydrogens is 274 g/mol. The van der Waals surface area contributed by atoms with Gasteiger partial charge in [-0.25, -0.2) is 4.98 Å². The number of hydrogen-bond acceptors (Lipinski definition) is 7. The Balaban J connectivity index is 1.80. The summed E-state index contributed by atoms with van der Waals surface area (Å²) in [6.07, 6.45) is 2.00. The maximum Gasteiger partial charge on any atom is 0.290 e. The van der Waals surface area contributed by atoms with Gasteiger partial charge in [-0.1, -0.05) is 5.21 Å². The molecule has 0 radical (unpaired) electrons. The molecule has 9 heteroatoms. The molecule has 21 heavy (non-hydrogen) atoms. The number of anilines is 1. The topological polar surface area (TPSA) is 114 Å². The normalized spacial score (nSPS) is 18.7. The fraction of sp³-hybridized carbons (Fsp3) is 0.500. The van der Waals surface area contributed by atoms with Gasteiger partial charge in [-0.15, -0.1) is 10.2 Å². The van der Waals surface area contributed by atoms with E-state index in [9.17, 15) is 10.1 Å². The van der Waals surface area contributed by atoms with Crippen LogP contribution in [0.4, 0.5) is 11.5 Å². The van der Waals surface area contributed by atoms with Gasteiger partial charge in [0.05, 0.1) is 4.92 Å². The summed E-state index contributed by atoms with van der Waals surface area (Å²) >= 11 is 0. The first-order valence-electron chi connectivity index (χ1n) is 6.75. The number of nitrogens with zero attached hydrogens (tertiary/aromatic N) is 6. The first kappa shape index (κ1) is 13.4. The quantitative estimate of drug-likeness (QED) is 0.666. The minimum atomic E-state index is -0.412. The van der Waals surface area contributed by atoms with Gasteiger partial charge >= 0.3 is 0 Å². The Morgan fingerprint density at radius 3 is 3.00 bits per heavy atom. The van der Waals surface area contributed by atoms with Gasteiger partial charge in [0.2, 0.25) is 0 Å². The van der Waals surface area contributed by atoms with Crippen LogP contribution in [0.2, 0.25) is 0 Å². The largest absolute Gasteiger partial charge is 0.356 e. The number of rotatable bonds is 3. The number of hydrogen-bond donors (Lipinski definition) is 1. The average molecular weight is 289 g/mol. The highest BCUT2D eigenvalue weighted by molar-refractivity contribution is 5.47. The Hall–Kier alpha value is -2.58. The van der Waals surface area contributed by atoms with E-state index < -0.39 is 4.92 Å². The summed E-state index contributed by atoms with van der Waals surface area (Å²) in [6, 6.07) is 3.21. The zero-order valence-corrected chi connectivity index (χ0v) is 11.6. The van der Waals surface area contributed by atoms with Gasteiger partial charge in [0, 0.05) is 25.1 Å². The molecule has 0 amide bonds. The summed E-state index contributed by atoms with van der Waals surface area (Å²) in [5.41, 5.74) is 0.477. The maximum atomic E-state index is 10.8. The van der Waals surface area contributed by atoms with E-state index in [1.165, 1.54) is 6.07 Å². The van der Waals surface area contributed by atoms with Crippen molar-refractivity contribution in [2.75, 3.05) is 18.0 Å². The first-order valence-corrected chi connectivity index (χ1v) is 6.75. The minimum Gasteiger partial charge on any atom is -0.356 e. The molecule has 1 N–H and O–H groups in total. The number of piperidine rings is 1. The second-order valence-electron chi connectivity index (χ2n) is 5.09. The summed E-state index contributed by atoms with van der Waals surface area (Å²) in [7, 11) is 0. The van der Waals surface area contributed by atoms with E-state index in [1.54, 1.807) is 13.0 Å². The summed E-state index contributed by atoms with van der Waals surface area (Å²) in [4.78, 5) is 16.9. The van der Waals surface area contributed by atoms with Crippen molar-refractivity contribution in [3.63, 3.8) is 0 Å². The fourth-order valence-electron chi connectivity index (χ4n) is 2.65. The van der Waals surface area contributed by atoms with Crippen molar-refractivity contribution >= 4 is 11.5 Å². The number of aromatic nitrogens is 5. The van der Waals surface area contributed by atoms with Crippen LogP contribution in [0.25, 0.3) is 0 Å². The molecule has 2 aromatic heterocycles. The van der Waals surface area contributed by atoms with E-state index in [4.69, 9.17) is 0 Å². The second kappa shape index (κ2) is 5.43. The Morgan fingerprint density at radius 1 is 1.48 bits per heavy atom. The number of H-pyrrole nitrogens is 1. The number of aryl methyl sites for hydroxylation is 1. The molecule has 1 aliphatic rings. The summed E-state index contributed by atoms with van der Waals surface area (Å²) in [5.74, 6) is 1.67. The van der Waals surface area contributed by atoms with Gasteiger partial charge in [-0.05, 0) is 25.8 Å². The van der Waals surface area contributed by atoms with E-state index in [-0.39, 0.29) is 11.6 Å². The highest BCUT2D eigenvalue weighted by Gasteiger charge is 2.26. The highest BCUT2D eigenvalue weighted by Crippen LogP contribution is 2.28. The molecule has 3 rings (SSSR count). The van der Waals surface area contributed by atoms with Crippen LogP contribution in [0.15, 0.2) is 12.1 Å². The molecule has 1 atom stereocenters. The van der Waals surface area contributed by atoms with Crippen LogP contribution in [0.3, 0.4) is 0 Å². The number of aromatic amines is 1. The van der Waals surface area contributed by atoms with Crippen molar-refractivity contribution in [2.24, 2.45) is 0 Å². The van der Waals surface area contributed by atoms with Gasteiger partial charge in [-0.2, -0.15) is 5.21 Å². The zero-order chi connectivity index (χ0) is 14.8. The Morgan fingerprint density at radius 2 is 2.33 bits per heavy atom. The summed E-state index contributed by atoms with van der Waals surface area (Å²) in [6.45, 7) is 3.27. The lowest BCUT2D eigenvalue weighted by Gasteiger charge is -2.32. The number of nitrogens with one attached hydrogen (secondary N) is 1. The Bertz CT molecular complexity index is 643. The standard InChI is InChI=1S/C12H15N7O2/c1-8-10(19(20)21)4-5-11(13-8)18-6-2-3-9(7-18)12-14-16-17-15-12/h4-5,9H,2-3,6-7H2,1H3,(H,14,15,16,17)/t9-/m0/s1. The van der Waals surface area contributed by atoms with Crippen LogP contribution in [0.5, 0.6) is 0 Å². The predicted molar refractivity (Wildman–Crippen MR) is 74.0 cm³/mol. The third kappa shape index (κ3) is 2.67. The zero-order valence-electron chi connectivity index (χ0n) is 11.6. The van der Waals surface area contributed by atoms with Crippen LogP contribution in [0, 0.1) is 17.0 Å². The average Bonchev–Trinajstić information content (AvgIpc) is 3.01. The van der Waals surface area contributed by atoms with Crippen molar-refractivity contribution in [1.29, 1.82) is 0 Å². The van der Waals surface area contributed by atoms with Crippen molar-refractivity contribution < 1.29 is 4.92 Å². The molecule has 9 nitrogen and oxygen atoms in total. The van der Waals surface area contributed by atoms with Crippen molar-refractivity contribution in [3.8, 4) is 0 Å². The van der Waals surface area contributed by atoms with Gasteiger partial charge in [0.1, 0.15) is 11.5 Å². The molecule has 0 spiro atoms. The van der Waals surface area contributed by atoms with Crippen LogP contribution >= 0.6 is 0 Å². The molecular formula is C12H15N7O2. The van der Waals surface area contributed by atoms with E-state index in [0.29, 0.717) is 11.5 Å². The SMILES string of the molecule is Cc1nc(N2CCC[C@H](c3nn[nH]n3)C2)ccc1[N+](=O)[O-]. The lowest BCUT2D eigenvalue weighted by molar-refractivity contribution is -0.385. The summed E-state index contributed by atoms with van der Waals surface area (Å²) < 4.78 is 0. The third-order valence-corrected chi connectivity index (χ3v) is 3.71. The van der Waals surface area contributed by atoms with E-state index in [2.05, 4.69) is 30.5 Å². The van der Waals surface area contributed by atoms with Crippen molar-refractivity contribution in [1.82, 2.24) is 25.6 Å². The number of pyridine rings is 1. The molecule has 2 aromatic rings. The highest BCUT2D eigenvalue weighted by atomic mass is 16.6. The monoisotopic (exact) mass is 289 g/mol. The smallest absolute Gasteiger partial charge is 0.290 e. The molecule has 110 valence electrons. The first-order chi connectivity index (χ1) is 10.1. The van der Waals surface area contributed by atoms with Gasteiger partial charge in [0.15, 0.2) is 5.82 Å². The lowest BCUT2D eigenvalue weighted by atomic mass is 9.97. The Kier molecular flexibility index (Phi) is 3.46. The molecule has 0 unspecified atom stereocenters. The van der Waals surface area contributed by atoms with Gasteiger partial charge in [0.25, 0.3) is 5.69 Å². The van der Waals surface area contributed by atoms with E-state index >= 15 is 0 Å². The van der Waals surface area contributed by atoms with Crippen molar-refractivity contribution in [3.05, 3.63) is 33.8 Å². The van der Waals surface area contributed by atoms with E-state index in [0.717, 1.165) is 31.7 Å². The Labute approximate surface area is 120 Å². The molecule has 1 fully saturated rings. The third-order valence-electron chi connectivity index (χ3n) is 3.71. The van der Waals surface area contributed by atoms with Crippen molar-refractivity contribution in [2.45, 2.75) is 25.7 Å². The second-order valence-corrected chi connectivity index (χ2v) is 5.09. The molecule has 0 bridgehead atoms. The van der Waals surface area contributed by atoms with E-state index in [1.807, 2.05) is 0 Å². The van der Waals surface area contributed by atoms with Crippen LogP contribution in [0.1, 0.15) is 30.3 Å².